The molecule has 0 amide bonds. The van der Waals surface area contributed by atoms with Gasteiger partial charge in [0, 0.05) is 0 Å². The number of methoxy groups -OCH3 is 3. The second-order valence-electron chi connectivity index (χ2n) is 13.1. The lowest BCUT2D eigenvalue weighted by atomic mass is 9.84. The number of rotatable bonds is 12. The van der Waals surface area contributed by atoms with Crippen LogP contribution in [0.4, 0.5) is 0 Å². The number of carbonyl (C=O) groups excluding carboxylic acids is 3. The van der Waals surface area contributed by atoms with Crippen LogP contribution in [0.1, 0.15) is 18.4 Å². The summed E-state index contributed by atoms with van der Waals surface area (Å²) in [6, 6.07) is 9.92. The normalized spacial score (nSPS) is 16.8. The third kappa shape index (κ3) is 6.77. The minimum atomic E-state index is -2.43. The molecular weight excluding hydrogens is 505 g/mol. The molecule has 6 nitrogen and oxygen atoms in total. The summed E-state index contributed by atoms with van der Waals surface area (Å²) in [6.45, 7) is 19.3. The van der Waals surface area contributed by atoms with Gasteiger partial charge in [-0.05, 0) is 24.8 Å². The van der Waals surface area contributed by atoms with Gasteiger partial charge >= 0.3 is 17.9 Å². The van der Waals surface area contributed by atoms with Crippen molar-refractivity contribution in [3.05, 3.63) is 35.9 Å². The molecule has 0 aliphatic heterocycles. The number of carbonyl (C=O) groups is 3. The third-order valence-corrected chi connectivity index (χ3v) is 17.5. The van der Waals surface area contributed by atoms with Gasteiger partial charge in [0.25, 0.3) is 0 Å². The number of hydrogen-bond donors (Lipinski definition) is 0. The summed E-state index contributed by atoms with van der Waals surface area (Å²) in [5.41, 5.74) is 0.608. The molecule has 3 atom stereocenters. The van der Waals surface area contributed by atoms with E-state index >= 15 is 0 Å². The van der Waals surface area contributed by atoms with E-state index in [1.807, 2.05) is 30.3 Å². The molecule has 0 radical (unpaired) electrons. The molecule has 0 saturated carbocycles. The zero-order valence-corrected chi connectivity index (χ0v) is 27.5. The standard InChI is InChI=1S/C27H48O6Si3/c1-31-23(28)22(34(4,5)6)19-27(25(30)33-3,36(10,11)12)20-26(24(29)32-2,35(7,8)9)18-21-16-14-13-15-17-21/h13-17,22H,18-20H2,1-12H3. The van der Waals surface area contributed by atoms with Crippen molar-refractivity contribution in [3.63, 3.8) is 0 Å². The number of ether oxygens (including phenoxy) is 3. The Bertz CT molecular complexity index is 914. The van der Waals surface area contributed by atoms with Crippen molar-refractivity contribution in [2.24, 2.45) is 0 Å². The molecule has 0 saturated heterocycles. The van der Waals surface area contributed by atoms with Crippen LogP contribution in [0.25, 0.3) is 0 Å². The largest absolute Gasteiger partial charge is 0.469 e. The first-order valence-electron chi connectivity index (χ1n) is 12.6. The zero-order chi connectivity index (χ0) is 28.2. The van der Waals surface area contributed by atoms with E-state index in [1.54, 1.807) is 0 Å². The summed E-state index contributed by atoms with van der Waals surface area (Å²) in [5, 5.41) is -1.90. The van der Waals surface area contributed by atoms with Gasteiger partial charge in [0.1, 0.15) is 0 Å². The van der Waals surface area contributed by atoms with Crippen molar-refractivity contribution in [3.8, 4) is 0 Å². The van der Waals surface area contributed by atoms with Crippen LogP contribution in [0.2, 0.25) is 74.5 Å². The van der Waals surface area contributed by atoms with Gasteiger partial charge in [-0.25, -0.2) is 0 Å². The molecule has 1 aromatic carbocycles. The van der Waals surface area contributed by atoms with Gasteiger partial charge in [0.15, 0.2) is 0 Å². The zero-order valence-electron chi connectivity index (χ0n) is 24.5. The minimum Gasteiger partial charge on any atom is -0.469 e. The van der Waals surface area contributed by atoms with E-state index in [0.717, 1.165) is 5.56 Å². The highest BCUT2D eigenvalue weighted by Gasteiger charge is 2.62. The second-order valence-corrected chi connectivity index (χ2v) is 29.5. The Balaban J connectivity index is 4.03. The SMILES string of the molecule is COC(=O)C(CC(CC(Cc1ccccc1)(C(=O)OC)[Si](C)(C)C)(C(=O)OC)[Si](C)(C)C)[Si](C)(C)C. The Labute approximate surface area is 221 Å². The maximum atomic E-state index is 14.0. The average Bonchev–Trinajstić information content (AvgIpc) is 2.77. The summed E-state index contributed by atoms with van der Waals surface area (Å²) in [6.07, 6.45) is 1.07. The lowest BCUT2D eigenvalue weighted by Gasteiger charge is -2.52. The van der Waals surface area contributed by atoms with Crippen LogP contribution in [-0.2, 0) is 35.0 Å². The molecule has 1 rings (SSSR count). The fraction of sp³-hybridized carbons (Fsp3) is 0.667. The molecule has 1 aromatic rings. The van der Waals surface area contributed by atoms with E-state index < -0.39 is 39.8 Å². The highest BCUT2D eigenvalue weighted by molar-refractivity contribution is 6.85. The van der Waals surface area contributed by atoms with Crippen molar-refractivity contribution < 1.29 is 28.6 Å². The van der Waals surface area contributed by atoms with Gasteiger partial charge in [-0.15, -0.1) is 0 Å². The number of benzene rings is 1. The van der Waals surface area contributed by atoms with Crippen molar-refractivity contribution in [2.45, 2.75) is 93.8 Å². The average molecular weight is 553 g/mol. The topological polar surface area (TPSA) is 78.9 Å². The Morgan fingerprint density at radius 3 is 1.53 bits per heavy atom. The van der Waals surface area contributed by atoms with Crippen molar-refractivity contribution in [2.75, 3.05) is 21.3 Å². The molecule has 36 heavy (non-hydrogen) atoms. The summed E-state index contributed by atoms with van der Waals surface area (Å²) in [5.74, 6) is -0.923. The van der Waals surface area contributed by atoms with Gasteiger partial charge < -0.3 is 14.2 Å². The number of hydrogen-bond acceptors (Lipinski definition) is 6. The van der Waals surface area contributed by atoms with Crippen molar-refractivity contribution in [1.29, 1.82) is 0 Å². The summed E-state index contributed by atoms with van der Waals surface area (Å²) >= 11 is 0. The molecule has 0 aliphatic rings. The first-order valence-corrected chi connectivity index (χ1v) is 23.2. The molecule has 0 heterocycles. The fourth-order valence-corrected chi connectivity index (χ4v) is 12.0. The van der Waals surface area contributed by atoms with E-state index in [1.165, 1.54) is 21.3 Å². The molecule has 0 spiro atoms. The summed E-state index contributed by atoms with van der Waals surface area (Å²) < 4.78 is 16.3. The molecular formula is C27H48O6Si3. The first-order chi connectivity index (χ1) is 16.3. The van der Waals surface area contributed by atoms with Crippen molar-refractivity contribution in [1.82, 2.24) is 0 Å². The molecule has 0 aromatic heterocycles. The Hall–Kier alpha value is -1.72. The Kier molecular flexibility index (Phi) is 10.6. The van der Waals surface area contributed by atoms with Crippen LogP contribution < -0.4 is 0 Å². The van der Waals surface area contributed by atoms with Crippen molar-refractivity contribution >= 4 is 42.1 Å². The fourth-order valence-electron chi connectivity index (χ4n) is 5.23. The monoisotopic (exact) mass is 552 g/mol. The lowest BCUT2D eigenvalue weighted by Crippen LogP contribution is -2.56. The molecule has 0 aliphatic carbocycles. The maximum Gasteiger partial charge on any atom is 0.309 e. The summed E-state index contributed by atoms with van der Waals surface area (Å²) in [7, 11) is -2.66. The van der Waals surface area contributed by atoms with E-state index in [0.29, 0.717) is 12.8 Å². The molecule has 0 N–H and O–H groups in total. The van der Waals surface area contributed by atoms with Crippen LogP contribution in [-0.4, -0.2) is 63.5 Å². The highest BCUT2D eigenvalue weighted by atomic mass is 28.3. The first kappa shape index (κ1) is 32.3. The Morgan fingerprint density at radius 2 is 1.17 bits per heavy atom. The predicted molar refractivity (Wildman–Crippen MR) is 155 cm³/mol. The third-order valence-electron chi connectivity index (χ3n) is 8.06. The quantitative estimate of drug-likeness (QED) is 0.170. The van der Waals surface area contributed by atoms with Gasteiger partial charge in [-0.1, -0.05) is 89.3 Å². The smallest absolute Gasteiger partial charge is 0.309 e. The van der Waals surface area contributed by atoms with E-state index in [4.69, 9.17) is 14.2 Å². The molecule has 204 valence electrons. The van der Waals surface area contributed by atoms with Crippen LogP contribution in [0, 0.1) is 0 Å². The lowest BCUT2D eigenvalue weighted by molar-refractivity contribution is -0.149. The van der Waals surface area contributed by atoms with Gasteiger partial charge in [-0.2, -0.15) is 0 Å². The van der Waals surface area contributed by atoms with E-state index in [-0.39, 0.29) is 24.3 Å². The van der Waals surface area contributed by atoms with E-state index in [2.05, 4.69) is 58.9 Å². The van der Waals surface area contributed by atoms with Crippen LogP contribution in [0.15, 0.2) is 30.3 Å². The molecule has 9 heteroatoms. The van der Waals surface area contributed by atoms with Crippen LogP contribution >= 0.6 is 0 Å². The van der Waals surface area contributed by atoms with E-state index in [9.17, 15) is 14.4 Å². The predicted octanol–water partition coefficient (Wildman–Crippen LogP) is 6.39. The second kappa shape index (κ2) is 11.8. The Morgan fingerprint density at radius 1 is 0.722 bits per heavy atom. The highest BCUT2D eigenvalue weighted by Crippen LogP contribution is 2.61. The van der Waals surface area contributed by atoms with Gasteiger partial charge in [0.2, 0.25) is 0 Å². The molecule has 3 unspecified atom stereocenters. The van der Waals surface area contributed by atoms with Gasteiger partial charge in [0.05, 0.1) is 61.2 Å². The maximum absolute atomic E-state index is 14.0. The number of esters is 3. The summed E-state index contributed by atoms with van der Waals surface area (Å²) in [4.78, 5) is 40.9. The van der Waals surface area contributed by atoms with Crippen LogP contribution in [0.3, 0.4) is 0 Å². The molecule has 0 bridgehead atoms. The van der Waals surface area contributed by atoms with Gasteiger partial charge in [-0.3, -0.25) is 14.4 Å². The van der Waals surface area contributed by atoms with Crippen LogP contribution in [0.5, 0.6) is 0 Å². The molecule has 0 fully saturated rings. The minimum absolute atomic E-state index is 0.289.